The first-order valence-corrected chi connectivity index (χ1v) is 9.90. The number of carboxylic acids is 1. The van der Waals surface area contributed by atoms with Crippen molar-refractivity contribution in [2.75, 3.05) is 26.2 Å². The molecule has 1 aromatic carbocycles. The van der Waals surface area contributed by atoms with E-state index in [0.29, 0.717) is 25.9 Å². The Kier molecular flexibility index (Phi) is 8.29. The zero-order valence-corrected chi connectivity index (χ0v) is 16.7. The van der Waals surface area contributed by atoms with E-state index in [-0.39, 0.29) is 43.3 Å². The second-order valence-electron chi connectivity index (χ2n) is 7.21. The molecule has 1 heterocycles. The van der Waals surface area contributed by atoms with Crippen molar-refractivity contribution in [3.8, 4) is 5.75 Å². The summed E-state index contributed by atoms with van der Waals surface area (Å²) in [5, 5.41) is 9.13. The molecular weight excluding hydrogens is 360 g/mol. The molecule has 0 radical (unpaired) electrons. The Hall–Kier alpha value is -2.57. The molecule has 1 N–H and O–H groups in total. The van der Waals surface area contributed by atoms with E-state index in [2.05, 4.69) is 0 Å². The molecule has 2 rings (SSSR count). The SMILES string of the molecule is CCC(C)N(CC(=O)O)C(=O)C1CCCN(C(=O)CCOc2ccccc2)C1. The Morgan fingerprint density at radius 3 is 2.64 bits per heavy atom. The van der Waals surface area contributed by atoms with Gasteiger partial charge in [-0.3, -0.25) is 14.4 Å². The third kappa shape index (κ3) is 6.25. The molecule has 1 aliphatic rings. The van der Waals surface area contributed by atoms with Crippen molar-refractivity contribution < 1.29 is 24.2 Å². The van der Waals surface area contributed by atoms with Crippen LogP contribution >= 0.6 is 0 Å². The maximum absolute atomic E-state index is 12.9. The van der Waals surface area contributed by atoms with Crippen molar-refractivity contribution in [1.82, 2.24) is 9.80 Å². The zero-order chi connectivity index (χ0) is 20.5. The molecule has 1 aromatic rings. The van der Waals surface area contributed by atoms with Crippen LogP contribution in [0, 0.1) is 5.92 Å². The van der Waals surface area contributed by atoms with Gasteiger partial charge in [-0.25, -0.2) is 0 Å². The van der Waals surface area contributed by atoms with Crippen LogP contribution in [0.25, 0.3) is 0 Å². The van der Waals surface area contributed by atoms with E-state index in [4.69, 9.17) is 9.84 Å². The van der Waals surface area contributed by atoms with Crippen LogP contribution < -0.4 is 4.74 Å². The lowest BCUT2D eigenvalue weighted by molar-refractivity contribution is -0.150. The predicted octanol–water partition coefficient (Wildman–Crippen LogP) is 2.41. The Morgan fingerprint density at radius 1 is 1.29 bits per heavy atom. The highest BCUT2D eigenvalue weighted by Gasteiger charge is 2.33. The lowest BCUT2D eigenvalue weighted by Crippen LogP contribution is -2.50. The largest absolute Gasteiger partial charge is 0.493 e. The second kappa shape index (κ2) is 10.7. The van der Waals surface area contributed by atoms with E-state index in [1.165, 1.54) is 4.90 Å². The molecule has 2 unspecified atom stereocenters. The maximum atomic E-state index is 12.9. The third-order valence-electron chi connectivity index (χ3n) is 5.16. The summed E-state index contributed by atoms with van der Waals surface area (Å²) in [6.45, 7) is 4.73. The van der Waals surface area contributed by atoms with E-state index in [1.54, 1.807) is 4.90 Å². The third-order valence-corrected chi connectivity index (χ3v) is 5.16. The number of amides is 2. The fourth-order valence-corrected chi connectivity index (χ4v) is 3.39. The first-order chi connectivity index (χ1) is 13.4. The Bertz CT molecular complexity index is 664. The minimum Gasteiger partial charge on any atom is -0.493 e. The van der Waals surface area contributed by atoms with Gasteiger partial charge in [-0.15, -0.1) is 0 Å². The van der Waals surface area contributed by atoms with Crippen LogP contribution in [0.4, 0.5) is 0 Å². The number of carbonyl (C=O) groups is 3. The zero-order valence-electron chi connectivity index (χ0n) is 16.7. The van der Waals surface area contributed by atoms with Crippen molar-refractivity contribution in [2.45, 2.75) is 45.6 Å². The molecule has 0 spiro atoms. The van der Waals surface area contributed by atoms with Gasteiger partial charge >= 0.3 is 5.97 Å². The highest BCUT2D eigenvalue weighted by Crippen LogP contribution is 2.21. The van der Waals surface area contributed by atoms with Crippen molar-refractivity contribution in [3.63, 3.8) is 0 Å². The number of piperidine rings is 1. The summed E-state index contributed by atoms with van der Waals surface area (Å²) in [7, 11) is 0. The normalized spacial score (nSPS) is 17.6. The van der Waals surface area contributed by atoms with E-state index in [9.17, 15) is 14.4 Å². The molecule has 28 heavy (non-hydrogen) atoms. The quantitative estimate of drug-likeness (QED) is 0.700. The lowest BCUT2D eigenvalue weighted by Gasteiger charge is -2.36. The van der Waals surface area contributed by atoms with Gasteiger partial charge in [0.05, 0.1) is 18.9 Å². The fraction of sp³-hybridized carbons (Fsp3) is 0.571. The molecule has 1 fully saturated rings. The van der Waals surface area contributed by atoms with Crippen molar-refractivity contribution in [2.24, 2.45) is 5.92 Å². The molecular formula is C21H30N2O5. The summed E-state index contributed by atoms with van der Waals surface area (Å²) in [5.74, 6) is -0.854. The minimum absolute atomic E-state index is 0.0400. The smallest absolute Gasteiger partial charge is 0.323 e. The van der Waals surface area contributed by atoms with Gasteiger partial charge in [0.2, 0.25) is 11.8 Å². The average Bonchev–Trinajstić information content (AvgIpc) is 2.71. The monoisotopic (exact) mass is 390 g/mol. The summed E-state index contributed by atoms with van der Waals surface area (Å²) in [6, 6.07) is 9.18. The first-order valence-electron chi connectivity index (χ1n) is 9.90. The Morgan fingerprint density at radius 2 is 2.00 bits per heavy atom. The molecule has 0 aromatic heterocycles. The number of hydrogen-bond donors (Lipinski definition) is 1. The average molecular weight is 390 g/mol. The van der Waals surface area contributed by atoms with Gasteiger partial charge in [-0.2, -0.15) is 0 Å². The maximum Gasteiger partial charge on any atom is 0.323 e. The summed E-state index contributed by atoms with van der Waals surface area (Å²) in [6.07, 6.45) is 2.35. The van der Waals surface area contributed by atoms with Crippen LogP contribution in [0.5, 0.6) is 5.75 Å². The number of hydrogen-bond acceptors (Lipinski definition) is 4. The van der Waals surface area contributed by atoms with E-state index < -0.39 is 5.97 Å². The van der Waals surface area contributed by atoms with Gasteiger partial charge in [0.25, 0.3) is 0 Å². The summed E-state index contributed by atoms with van der Waals surface area (Å²) >= 11 is 0. The molecule has 0 bridgehead atoms. The van der Waals surface area contributed by atoms with Crippen LogP contribution in [-0.4, -0.2) is 65.0 Å². The summed E-state index contributed by atoms with van der Waals surface area (Å²) < 4.78 is 5.58. The number of ether oxygens (including phenoxy) is 1. The molecule has 154 valence electrons. The van der Waals surface area contributed by atoms with Crippen LogP contribution in [0.2, 0.25) is 0 Å². The molecule has 1 aliphatic heterocycles. The second-order valence-corrected chi connectivity index (χ2v) is 7.21. The van der Waals surface area contributed by atoms with E-state index in [0.717, 1.165) is 12.2 Å². The lowest BCUT2D eigenvalue weighted by atomic mass is 9.95. The number of nitrogens with zero attached hydrogens (tertiary/aromatic N) is 2. The number of likely N-dealkylation sites (tertiary alicyclic amines) is 1. The number of aliphatic carboxylic acids is 1. The van der Waals surface area contributed by atoms with Crippen LogP contribution in [0.1, 0.15) is 39.5 Å². The number of para-hydroxylation sites is 1. The molecule has 2 amide bonds. The summed E-state index contributed by atoms with van der Waals surface area (Å²) in [5.41, 5.74) is 0. The Labute approximate surface area is 166 Å². The van der Waals surface area contributed by atoms with E-state index in [1.807, 2.05) is 44.2 Å². The van der Waals surface area contributed by atoms with E-state index >= 15 is 0 Å². The highest BCUT2D eigenvalue weighted by atomic mass is 16.5. The molecule has 2 atom stereocenters. The number of rotatable bonds is 9. The van der Waals surface area contributed by atoms with Gasteiger partial charge in [-0.05, 0) is 38.3 Å². The molecule has 7 heteroatoms. The van der Waals surface area contributed by atoms with Gasteiger partial charge in [0, 0.05) is 19.1 Å². The molecule has 7 nitrogen and oxygen atoms in total. The predicted molar refractivity (Wildman–Crippen MR) is 105 cm³/mol. The van der Waals surface area contributed by atoms with Gasteiger partial charge in [0.15, 0.2) is 0 Å². The van der Waals surface area contributed by atoms with Gasteiger partial charge in [-0.1, -0.05) is 25.1 Å². The Balaban J connectivity index is 1.89. The van der Waals surface area contributed by atoms with Crippen LogP contribution in [0.15, 0.2) is 30.3 Å². The fourth-order valence-electron chi connectivity index (χ4n) is 3.39. The molecule has 0 saturated carbocycles. The van der Waals surface area contributed by atoms with Crippen molar-refractivity contribution in [1.29, 1.82) is 0 Å². The van der Waals surface area contributed by atoms with Crippen molar-refractivity contribution in [3.05, 3.63) is 30.3 Å². The molecule has 1 saturated heterocycles. The highest BCUT2D eigenvalue weighted by molar-refractivity contribution is 5.84. The van der Waals surface area contributed by atoms with Gasteiger partial charge < -0.3 is 19.6 Å². The van der Waals surface area contributed by atoms with Gasteiger partial charge in [0.1, 0.15) is 12.3 Å². The molecule has 0 aliphatic carbocycles. The standard InChI is InChI=1S/C21H30N2O5/c1-3-16(2)23(15-20(25)26)21(27)17-8-7-12-22(14-17)19(24)11-13-28-18-9-5-4-6-10-18/h4-6,9-10,16-17H,3,7-8,11-15H2,1-2H3,(H,25,26). The number of carbonyl (C=O) groups excluding carboxylic acids is 2. The van der Waals surface area contributed by atoms with Crippen LogP contribution in [0.3, 0.4) is 0 Å². The van der Waals surface area contributed by atoms with Crippen LogP contribution in [-0.2, 0) is 14.4 Å². The number of benzene rings is 1. The minimum atomic E-state index is -1.02. The number of carboxylic acid groups (broad SMARTS) is 1. The first kappa shape index (κ1) is 21.7. The topological polar surface area (TPSA) is 87.2 Å². The summed E-state index contributed by atoms with van der Waals surface area (Å²) in [4.78, 5) is 39.7. The van der Waals surface area contributed by atoms with Crippen molar-refractivity contribution >= 4 is 17.8 Å².